The zero-order valence-electron chi connectivity index (χ0n) is 13.0. The molecule has 1 heterocycles. The molecule has 108 valence electrons. The number of hydrogen-bond acceptors (Lipinski definition) is 2. The molecular weight excluding hydrogens is 268 g/mol. The van der Waals surface area contributed by atoms with E-state index in [9.17, 15) is 9.90 Å². The van der Waals surface area contributed by atoms with Crippen LogP contribution in [0.25, 0.3) is 0 Å². The first kappa shape index (κ1) is 16.3. The average molecular weight is 290 g/mol. The van der Waals surface area contributed by atoms with Crippen molar-refractivity contribution in [1.82, 2.24) is 4.98 Å². The second-order valence-corrected chi connectivity index (χ2v) is 11.4. The summed E-state index contributed by atoms with van der Waals surface area (Å²) in [6.45, 7) is 12.0. The van der Waals surface area contributed by atoms with E-state index >= 15 is 0 Å². The Kier molecular flexibility index (Phi) is 4.61. The van der Waals surface area contributed by atoms with Crippen molar-refractivity contribution in [2.75, 3.05) is 4.90 Å². The zero-order valence-corrected chi connectivity index (χ0v) is 14.0. The summed E-state index contributed by atoms with van der Waals surface area (Å²) in [5.74, 6) is 3.52. The van der Waals surface area contributed by atoms with Crippen molar-refractivity contribution in [2.45, 2.75) is 46.0 Å². The molecule has 1 aromatic heterocycles. The molecule has 4 nitrogen and oxygen atoms in total. The summed E-state index contributed by atoms with van der Waals surface area (Å²) in [4.78, 5) is 16.8. The van der Waals surface area contributed by atoms with Crippen molar-refractivity contribution in [3.05, 3.63) is 23.9 Å². The fourth-order valence-electron chi connectivity index (χ4n) is 1.58. The maximum atomic E-state index is 11.4. The van der Waals surface area contributed by atoms with Crippen LogP contribution in [0.3, 0.4) is 0 Å². The molecule has 0 atom stereocenters. The molecule has 1 aromatic rings. The number of carbonyl (C=O) groups is 1. The van der Waals surface area contributed by atoms with Gasteiger partial charge in [-0.15, -0.1) is 5.54 Å². The Balaban J connectivity index is 3.06. The second kappa shape index (κ2) is 5.67. The third-order valence-electron chi connectivity index (χ3n) is 2.42. The standard InChI is InChI=1S/C15H22N2O2Si/c1-15(2,3)17(14(18)19)13-8-7-12(11-16-13)9-10-20(4,5)6/h7-8,11H,1-6H3,(H,18,19). The van der Waals surface area contributed by atoms with Gasteiger partial charge in [0.05, 0.1) is 0 Å². The molecular formula is C15H22N2O2Si. The minimum absolute atomic E-state index is 0.420. The highest BCUT2D eigenvalue weighted by Crippen LogP contribution is 2.21. The number of aromatic nitrogens is 1. The van der Waals surface area contributed by atoms with Crippen LogP contribution in [0.4, 0.5) is 10.6 Å². The van der Waals surface area contributed by atoms with Crippen LogP contribution in [-0.2, 0) is 0 Å². The quantitative estimate of drug-likeness (QED) is 0.635. The molecule has 0 saturated carbocycles. The van der Waals surface area contributed by atoms with Gasteiger partial charge in [0.25, 0.3) is 0 Å². The van der Waals surface area contributed by atoms with Gasteiger partial charge in [-0.1, -0.05) is 25.6 Å². The van der Waals surface area contributed by atoms with Gasteiger partial charge in [-0.3, -0.25) is 4.90 Å². The van der Waals surface area contributed by atoms with Crippen molar-refractivity contribution in [3.63, 3.8) is 0 Å². The minimum Gasteiger partial charge on any atom is -0.465 e. The van der Waals surface area contributed by atoms with Crippen LogP contribution in [0.5, 0.6) is 0 Å². The summed E-state index contributed by atoms with van der Waals surface area (Å²) in [6.07, 6.45) is 0.621. The average Bonchev–Trinajstić information content (AvgIpc) is 2.24. The molecule has 0 unspecified atom stereocenters. The third kappa shape index (κ3) is 4.70. The van der Waals surface area contributed by atoms with Crippen molar-refractivity contribution >= 4 is 20.0 Å². The van der Waals surface area contributed by atoms with E-state index in [1.54, 1.807) is 12.3 Å². The van der Waals surface area contributed by atoms with E-state index in [2.05, 4.69) is 36.1 Å². The summed E-state index contributed by atoms with van der Waals surface area (Å²) in [7, 11) is -1.42. The zero-order chi connectivity index (χ0) is 15.6. The van der Waals surface area contributed by atoms with E-state index in [-0.39, 0.29) is 0 Å². The maximum absolute atomic E-state index is 11.4. The molecule has 0 saturated heterocycles. The number of rotatable bonds is 1. The van der Waals surface area contributed by atoms with Gasteiger partial charge in [-0.2, -0.15) is 0 Å². The summed E-state index contributed by atoms with van der Waals surface area (Å²) in [6, 6.07) is 3.52. The highest BCUT2D eigenvalue weighted by Gasteiger charge is 2.28. The number of carboxylic acid groups (broad SMARTS) is 1. The number of hydrogen-bond donors (Lipinski definition) is 1. The lowest BCUT2D eigenvalue weighted by Crippen LogP contribution is -2.45. The highest BCUT2D eigenvalue weighted by molar-refractivity contribution is 6.83. The molecule has 0 aliphatic heterocycles. The number of anilines is 1. The molecule has 0 fully saturated rings. The Morgan fingerprint density at radius 3 is 2.25 bits per heavy atom. The van der Waals surface area contributed by atoms with Crippen LogP contribution in [0.1, 0.15) is 26.3 Å². The number of nitrogens with zero attached hydrogens (tertiary/aromatic N) is 2. The Hall–Kier alpha value is -1.80. The van der Waals surface area contributed by atoms with E-state index < -0.39 is 19.7 Å². The van der Waals surface area contributed by atoms with Gasteiger partial charge in [0, 0.05) is 17.3 Å². The van der Waals surface area contributed by atoms with Crippen LogP contribution in [0, 0.1) is 11.5 Å². The Morgan fingerprint density at radius 2 is 1.90 bits per heavy atom. The van der Waals surface area contributed by atoms with Crippen molar-refractivity contribution in [2.24, 2.45) is 0 Å². The smallest absolute Gasteiger partial charge is 0.413 e. The number of amides is 1. The highest BCUT2D eigenvalue weighted by atomic mass is 28.3. The van der Waals surface area contributed by atoms with Crippen LogP contribution >= 0.6 is 0 Å². The summed E-state index contributed by atoms with van der Waals surface area (Å²) in [5.41, 5.74) is 3.54. The normalized spacial score (nSPS) is 11.5. The molecule has 0 aliphatic rings. The molecule has 0 bridgehead atoms. The lowest BCUT2D eigenvalue weighted by atomic mass is 10.1. The molecule has 5 heteroatoms. The molecule has 1 N–H and O–H groups in total. The van der Waals surface area contributed by atoms with Gasteiger partial charge >= 0.3 is 6.09 Å². The van der Waals surface area contributed by atoms with Gasteiger partial charge < -0.3 is 5.11 Å². The third-order valence-corrected chi connectivity index (χ3v) is 3.30. The predicted octanol–water partition coefficient (Wildman–Crippen LogP) is 3.59. The fraction of sp³-hybridized carbons (Fsp3) is 0.467. The minimum atomic E-state index is -1.42. The first-order valence-electron chi connectivity index (χ1n) is 6.53. The van der Waals surface area contributed by atoms with Crippen LogP contribution < -0.4 is 4.90 Å². The van der Waals surface area contributed by atoms with Crippen LogP contribution in [0.15, 0.2) is 18.3 Å². The van der Waals surface area contributed by atoms with Crippen molar-refractivity contribution < 1.29 is 9.90 Å². The molecule has 0 aliphatic carbocycles. The summed E-state index contributed by atoms with van der Waals surface area (Å²) in [5, 5.41) is 9.31. The van der Waals surface area contributed by atoms with Gasteiger partial charge in [-0.05, 0) is 32.9 Å². The SMILES string of the molecule is CC(C)(C)N(C(=O)O)c1ccc(C#C[Si](C)(C)C)cn1. The monoisotopic (exact) mass is 290 g/mol. The largest absolute Gasteiger partial charge is 0.465 e. The first-order chi connectivity index (χ1) is 9.00. The van der Waals surface area contributed by atoms with Crippen LogP contribution in [0.2, 0.25) is 19.6 Å². The lowest BCUT2D eigenvalue weighted by molar-refractivity contribution is 0.195. The summed E-state index contributed by atoms with van der Waals surface area (Å²) >= 11 is 0. The second-order valence-electron chi connectivity index (χ2n) is 6.69. The Bertz CT molecular complexity index is 542. The van der Waals surface area contributed by atoms with Gasteiger partial charge in [0.15, 0.2) is 0 Å². The van der Waals surface area contributed by atoms with Gasteiger partial charge in [-0.25, -0.2) is 9.78 Å². The van der Waals surface area contributed by atoms with E-state index in [0.717, 1.165) is 5.56 Å². The molecule has 20 heavy (non-hydrogen) atoms. The Morgan fingerprint density at radius 1 is 1.30 bits per heavy atom. The molecule has 0 spiro atoms. The van der Waals surface area contributed by atoms with Crippen molar-refractivity contribution in [1.29, 1.82) is 0 Å². The fourth-order valence-corrected chi connectivity index (χ4v) is 2.10. The van der Waals surface area contributed by atoms with Crippen LogP contribution in [-0.4, -0.2) is 29.8 Å². The van der Waals surface area contributed by atoms with Gasteiger partial charge in [0.1, 0.15) is 13.9 Å². The maximum Gasteiger partial charge on any atom is 0.413 e. The molecule has 0 radical (unpaired) electrons. The van der Waals surface area contributed by atoms with E-state index in [4.69, 9.17) is 0 Å². The molecule has 0 aromatic carbocycles. The predicted molar refractivity (Wildman–Crippen MR) is 84.7 cm³/mol. The first-order valence-corrected chi connectivity index (χ1v) is 10.0. The Labute approximate surface area is 121 Å². The number of pyridine rings is 1. The molecule has 1 amide bonds. The van der Waals surface area contributed by atoms with E-state index in [1.807, 2.05) is 26.8 Å². The topological polar surface area (TPSA) is 53.4 Å². The van der Waals surface area contributed by atoms with E-state index in [1.165, 1.54) is 4.90 Å². The van der Waals surface area contributed by atoms with E-state index in [0.29, 0.717) is 5.82 Å². The van der Waals surface area contributed by atoms with Crippen molar-refractivity contribution in [3.8, 4) is 11.5 Å². The molecule has 1 rings (SSSR count). The summed E-state index contributed by atoms with van der Waals surface area (Å²) < 4.78 is 0. The lowest BCUT2D eigenvalue weighted by Gasteiger charge is -2.32. The van der Waals surface area contributed by atoms with Gasteiger partial charge in [0.2, 0.25) is 0 Å².